The molecule has 120 valence electrons. The molecule has 0 bridgehead atoms. The Labute approximate surface area is 128 Å². The Morgan fingerprint density at radius 1 is 1.18 bits per heavy atom. The molecule has 0 saturated heterocycles. The minimum atomic E-state index is -0.962. The van der Waals surface area contributed by atoms with E-state index in [1.165, 1.54) is 0 Å². The van der Waals surface area contributed by atoms with E-state index in [1.54, 1.807) is 6.92 Å². The summed E-state index contributed by atoms with van der Waals surface area (Å²) >= 11 is 0. The molecule has 1 unspecified atom stereocenters. The number of esters is 1. The Hall–Kier alpha value is -2.57. The number of ether oxygens (including phenoxy) is 2. The maximum Gasteiger partial charge on any atom is 0.408 e. The predicted molar refractivity (Wildman–Crippen MR) is 78.6 cm³/mol. The van der Waals surface area contributed by atoms with E-state index in [9.17, 15) is 14.4 Å². The Morgan fingerprint density at radius 2 is 1.86 bits per heavy atom. The van der Waals surface area contributed by atoms with Gasteiger partial charge >= 0.3 is 12.1 Å². The molecule has 7 heteroatoms. The number of hydrogen-bond donors (Lipinski definition) is 2. The molecule has 0 radical (unpaired) electrons. The van der Waals surface area contributed by atoms with Crippen molar-refractivity contribution < 1.29 is 23.9 Å². The number of rotatable bonds is 8. The van der Waals surface area contributed by atoms with Crippen LogP contribution in [0.1, 0.15) is 25.3 Å². The number of hydrogen-bond acceptors (Lipinski definition) is 5. The average molecular weight is 308 g/mol. The number of alkyl carbamates (subject to hydrolysis) is 1. The van der Waals surface area contributed by atoms with Crippen molar-refractivity contribution in [2.45, 2.75) is 32.4 Å². The first-order chi connectivity index (χ1) is 10.5. The first-order valence-electron chi connectivity index (χ1n) is 6.95. The minimum absolute atomic E-state index is 0.0392. The smallest absolute Gasteiger partial charge is 0.408 e. The van der Waals surface area contributed by atoms with Crippen molar-refractivity contribution in [2.24, 2.45) is 5.73 Å². The summed E-state index contributed by atoms with van der Waals surface area (Å²) in [5.74, 6) is -1.19. The third kappa shape index (κ3) is 6.74. The highest BCUT2D eigenvalue weighted by atomic mass is 16.6. The lowest BCUT2D eigenvalue weighted by Gasteiger charge is -2.16. The van der Waals surface area contributed by atoms with Gasteiger partial charge in [-0.05, 0) is 18.9 Å². The zero-order chi connectivity index (χ0) is 16.4. The van der Waals surface area contributed by atoms with Gasteiger partial charge in [-0.1, -0.05) is 30.3 Å². The second kappa shape index (κ2) is 9.38. The maximum absolute atomic E-state index is 11.7. The van der Waals surface area contributed by atoms with E-state index >= 15 is 0 Å². The van der Waals surface area contributed by atoms with Crippen LogP contribution in [0.25, 0.3) is 0 Å². The number of benzene rings is 1. The lowest BCUT2D eigenvalue weighted by Crippen LogP contribution is -2.42. The highest BCUT2D eigenvalue weighted by Crippen LogP contribution is 2.03. The van der Waals surface area contributed by atoms with Crippen LogP contribution in [0.3, 0.4) is 0 Å². The van der Waals surface area contributed by atoms with Crippen molar-refractivity contribution in [3.63, 3.8) is 0 Å². The lowest BCUT2D eigenvalue weighted by molar-refractivity contribution is -0.145. The molecule has 1 rings (SSSR count). The predicted octanol–water partition coefficient (Wildman–Crippen LogP) is 1.11. The monoisotopic (exact) mass is 308 g/mol. The largest absolute Gasteiger partial charge is 0.464 e. The number of nitrogens with two attached hydrogens (primary N) is 1. The van der Waals surface area contributed by atoms with Crippen molar-refractivity contribution in [3.8, 4) is 0 Å². The van der Waals surface area contributed by atoms with Crippen LogP contribution in [0, 0.1) is 0 Å². The highest BCUT2D eigenvalue weighted by Gasteiger charge is 2.23. The number of carbonyl (C=O) groups excluding carboxylic acids is 3. The molecule has 0 heterocycles. The van der Waals surface area contributed by atoms with Gasteiger partial charge in [0.2, 0.25) is 5.91 Å². The molecule has 0 aliphatic carbocycles. The molecular weight excluding hydrogens is 288 g/mol. The topological polar surface area (TPSA) is 108 Å². The lowest BCUT2D eigenvalue weighted by atomic mass is 10.1. The fraction of sp³-hybridized carbons (Fsp3) is 0.400. The summed E-state index contributed by atoms with van der Waals surface area (Å²) < 4.78 is 9.86. The SMILES string of the molecule is CCOC(=O)C(CCC(N)=O)NC(=O)OCc1ccccc1. The van der Waals surface area contributed by atoms with E-state index < -0.39 is 24.0 Å². The van der Waals surface area contributed by atoms with Crippen LogP contribution in [-0.2, 0) is 25.7 Å². The molecule has 0 aliphatic rings. The first kappa shape index (κ1) is 17.5. The number of primary amides is 1. The summed E-state index contributed by atoms with van der Waals surface area (Å²) in [5.41, 5.74) is 5.87. The van der Waals surface area contributed by atoms with Crippen molar-refractivity contribution in [3.05, 3.63) is 35.9 Å². The minimum Gasteiger partial charge on any atom is -0.464 e. The molecule has 0 aromatic heterocycles. The summed E-state index contributed by atoms with van der Waals surface area (Å²) in [7, 11) is 0. The molecule has 22 heavy (non-hydrogen) atoms. The maximum atomic E-state index is 11.7. The Kier molecular flexibility index (Phi) is 7.45. The van der Waals surface area contributed by atoms with Crippen LogP contribution in [-0.4, -0.2) is 30.6 Å². The molecule has 0 spiro atoms. The third-order valence-corrected chi connectivity index (χ3v) is 2.76. The quantitative estimate of drug-likeness (QED) is 0.699. The number of amides is 2. The average Bonchev–Trinajstić information content (AvgIpc) is 2.50. The fourth-order valence-electron chi connectivity index (χ4n) is 1.69. The fourth-order valence-corrected chi connectivity index (χ4v) is 1.69. The zero-order valence-corrected chi connectivity index (χ0v) is 12.4. The summed E-state index contributed by atoms with van der Waals surface area (Å²) in [5, 5.41) is 2.38. The number of nitrogens with one attached hydrogen (secondary N) is 1. The normalized spacial score (nSPS) is 11.3. The van der Waals surface area contributed by atoms with Gasteiger partial charge < -0.3 is 20.5 Å². The van der Waals surface area contributed by atoms with Gasteiger partial charge in [-0.3, -0.25) is 4.79 Å². The Balaban J connectivity index is 2.50. The van der Waals surface area contributed by atoms with Crippen LogP contribution in [0.5, 0.6) is 0 Å². The second-order valence-electron chi connectivity index (χ2n) is 4.52. The molecule has 1 atom stereocenters. The number of carbonyl (C=O) groups is 3. The van der Waals surface area contributed by atoms with Gasteiger partial charge in [0.1, 0.15) is 12.6 Å². The van der Waals surface area contributed by atoms with Crippen LogP contribution in [0.2, 0.25) is 0 Å². The molecule has 1 aromatic rings. The van der Waals surface area contributed by atoms with Crippen molar-refractivity contribution >= 4 is 18.0 Å². The molecule has 0 aliphatic heterocycles. The van der Waals surface area contributed by atoms with Crippen LogP contribution >= 0.6 is 0 Å². The van der Waals surface area contributed by atoms with Gasteiger partial charge in [-0.2, -0.15) is 0 Å². The molecule has 7 nitrogen and oxygen atoms in total. The van der Waals surface area contributed by atoms with Crippen molar-refractivity contribution in [1.82, 2.24) is 5.32 Å². The second-order valence-corrected chi connectivity index (χ2v) is 4.52. The summed E-state index contributed by atoms with van der Waals surface area (Å²) in [6.45, 7) is 1.90. The Morgan fingerprint density at radius 3 is 2.45 bits per heavy atom. The molecular formula is C15H20N2O5. The van der Waals surface area contributed by atoms with E-state index in [2.05, 4.69) is 5.32 Å². The van der Waals surface area contributed by atoms with Crippen LogP contribution < -0.4 is 11.1 Å². The van der Waals surface area contributed by atoms with Gasteiger partial charge in [-0.25, -0.2) is 9.59 Å². The van der Waals surface area contributed by atoms with Gasteiger partial charge in [0.05, 0.1) is 6.61 Å². The summed E-state index contributed by atoms with van der Waals surface area (Å²) in [6.07, 6.45) is -0.733. The van der Waals surface area contributed by atoms with E-state index in [4.69, 9.17) is 15.2 Å². The molecule has 1 aromatic carbocycles. The standard InChI is InChI=1S/C15H20N2O5/c1-2-21-14(19)12(8-9-13(16)18)17-15(20)22-10-11-6-4-3-5-7-11/h3-7,12H,2,8-10H2,1H3,(H2,16,18)(H,17,20). The third-order valence-electron chi connectivity index (χ3n) is 2.76. The van der Waals surface area contributed by atoms with E-state index in [-0.39, 0.29) is 26.1 Å². The van der Waals surface area contributed by atoms with E-state index in [0.29, 0.717) is 0 Å². The van der Waals surface area contributed by atoms with Gasteiger partial charge in [0.25, 0.3) is 0 Å². The highest BCUT2D eigenvalue weighted by molar-refractivity contribution is 5.82. The molecule has 0 saturated carbocycles. The van der Waals surface area contributed by atoms with Crippen molar-refractivity contribution in [2.75, 3.05) is 6.61 Å². The van der Waals surface area contributed by atoms with Crippen LogP contribution in [0.15, 0.2) is 30.3 Å². The molecule has 2 amide bonds. The van der Waals surface area contributed by atoms with E-state index in [1.807, 2.05) is 30.3 Å². The van der Waals surface area contributed by atoms with Gasteiger partial charge in [-0.15, -0.1) is 0 Å². The van der Waals surface area contributed by atoms with Gasteiger partial charge in [0.15, 0.2) is 0 Å². The summed E-state index contributed by atoms with van der Waals surface area (Å²) in [4.78, 5) is 34.3. The van der Waals surface area contributed by atoms with Gasteiger partial charge in [0, 0.05) is 6.42 Å². The summed E-state index contributed by atoms with van der Waals surface area (Å²) in [6, 6.07) is 8.16. The first-order valence-corrected chi connectivity index (χ1v) is 6.95. The zero-order valence-electron chi connectivity index (χ0n) is 12.4. The van der Waals surface area contributed by atoms with Crippen LogP contribution in [0.4, 0.5) is 4.79 Å². The van der Waals surface area contributed by atoms with Crippen molar-refractivity contribution in [1.29, 1.82) is 0 Å². The molecule has 0 fully saturated rings. The van der Waals surface area contributed by atoms with E-state index in [0.717, 1.165) is 5.56 Å². The Bertz CT molecular complexity index is 504. The molecule has 3 N–H and O–H groups in total.